The summed E-state index contributed by atoms with van der Waals surface area (Å²) >= 11 is 6.59. The van der Waals surface area contributed by atoms with Gasteiger partial charge in [0.2, 0.25) is 5.91 Å². The number of aryl methyl sites for hydroxylation is 1. The van der Waals surface area contributed by atoms with Gasteiger partial charge in [0.25, 0.3) is 5.91 Å². The molecule has 266 valence electrons. The third-order valence-electron chi connectivity index (χ3n) is 11.1. The first-order valence-corrected chi connectivity index (χ1v) is 18.2. The Morgan fingerprint density at radius 1 is 1.02 bits per heavy atom. The minimum absolute atomic E-state index is 0.121. The van der Waals surface area contributed by atoms with Crippen LogP contribution in [0.15, 0.2) is 42.6 Å². The molecule has 1 saturated carbocycles. The number of carbonyl (C=O) groups is 2. The average molecular weight is 698 g/mol. The number of hydrogen-bond acceptors (Lipinski definition) is 5. The topological polar surface area (TPSA) is 70.0 Å². The number of ether oxygens (including phenoxy) is 1. The zero-order valence-electron chi connectivity index (χ0n) is 29.1. The highest BCUT2D eigenvalue weighted by Crippen LogP contribution is 2.32. The molecule has 3 heterocycles. The molecule has 0 radical (unpaired) electrons. The van der Waals surface area contributed by atoms with Crippen molar-refractivity contribution in [3.05, 3.63) is 64.6 Å². The summed E-state index contributed by atoms with van der Waals surface area (Å²) in [5.41, 5.74) is 1.70. The lowest BCUT2D eigenvalue weighted by Gasteiger charge is -2.46. The van der Waals surface area contributed by atoms with Crippen LogP contribution in [-0.4, -0.2) is 101 Å². The number of halogens is 3. The Labute approximate surface area is 293 Å². The molecule has 0 unspecified atom stereocenters. The van der Waals surface area contributed by atoms with Gasteiger partial charge >= 0.3 is 0 Å². The van der Waals surface area contributed by atoms with Gasteiger partial charge in [-0.05, 0) is 75.6 Å². The van der Waals surface area contributed by atoms with E-state index >= 15 is 4.39 Å². The van der Waals surface area contributed by atoms with Gasteiger partial charge in [-0.25, -0.2) is 8.78 Å². The summed E-state index contributed by atoms with van der Waals surface area (Å²) in [4.78, 5) is 33.7. The fourth-order valence-corrected chi connectivity index (χ4v) is 8.53. The number of anilines is 1. The summed E-state index contributed by atoms with van der Waals surface area (Å²) in [6.45, 7) is 9.23. The molecule has 2 aromatic carbocycles. The van der Waals surface area contributed by atoms with Gasteiger partial charge in [0.1, 0.15) is 12.5 Å². The molecule has 0 bridgehead atoms. The number of amides is 2. The van der Waals surface area contributed by atoms with Crippen LogP contribution >= 0.6 is 11.6 Å². The molecule has 2 amide bonds. The molecule has 1 aliphatic carbocycles. The summed E-state index contributed by atoms with van der Waals surface area (Å²) in [6.07, 6.45) is 6.93. The lowest BCUT2D eigenvalue weighted by atomic mass is 9.89. The van der Waals surface area contributed by atoms with Crippen LogP contribution in [0.25, 0.3) is 10.9 Å². The number of nitrogens with one attached hydrogen (secondary N) is 1. The minimum Gasteiger partial charge on any atom is -0.376 e. The molecular formula is C38H50ClF2N5O3. The van der Waals surface area contributed by atoms with E-state index in [0.717, 1.165) is 56.1 Å². The van der Waals surface area contributed by atoms with E-state index < -0.39 is 11.7 Å². The minimum atomic E-state index is -0.600. The molecule has 2 aliphatic heterocycles. The number of piperazine rings is 1. The van der Waals surface area contributed by atoms with E-state index in [1.807, 2.05) is 40.8 Å². The van der Waals surface area contributed by atoms with E-state index in [2.05, 4.69) is 35.9 Å². The van der Waals surface area contributed by atoms with Crippen molar-refractivity contribution in [3.63, 3.8) is 0 Å². The van der Waals surface area contributed by atoms with Crippen LogP contribution in [0.3, 0.4) is 0 Å². The normalized spacial score (nSPS) is 26.8. The SMILES string of the molecule is C[C@@H]1CN([C@H]2C[C@@H](CO[C@H]3CC[C@H](C)CC3)N(C(=O)Cc3cc(Cl)c(NC(=O)c4cn(C)c5ccccc45)cc3F)C2)C[C@H](C)N1CCF. The fourth-order valence-electron chi connectivity index (χ4n) is 8.29. The number of nitrogens with zero attached hydrogens (tertiary/aromatic N) is 4. The summed E-state index contributed by atoms with van der Waals surface area (Å²) in [7, 11) is 1.86. The smallest absolute Gasteiger partial charge is 0.257 e. The highest BCUT2D eigenvalue weighted by atomic mass is 35.5. The lowest BCUT2D eigenvalue weighted by molar-refractivity contribution is -0.133. The second-order valence-corrected chi connectivity index (χ2v) is 15.0. The Kier molecular flexibility index (Phi) is 11.3. The first-order chi connectivity index (χ1) is 23.5. The van der Waals surface area contributed by atoms with Gasteiger partial charge in [0, 0.05) is 68.5 Å². The van der Waals surface area contributed by atoms with Gasteiger partial charge in [-0.3, -0.25) is 19.4 Å². The molecule has 1 aromatic heterocycles. The molecule has 49 heavy (non-hydrogen) atoms. The Morgan fingerprint density at radius 2 is 1.73 bits per heavy atom. The molecule has 4 atom stereocenters. The van der Waals surface area contributed by atoms with E-state index in [0.29, 0.717) is 31.2 Å². The van der Waals surface area contributed by atoms with Gasteiger partial charge in [-0.15, -0.1) is 0 Å². The standard InChI is InChI=1S/C38H50ClF2N5O3/c1-24-9-11-30(12-10-24)49-23-29-17-28(44-19-25(2)45(14-13-40)26(3)20-44)21-46(29)37(47)16-27-15-33(39)35(18-34(27)41)42-38(48)32-22-43(4)36-8-6-5-7-31(32)36/h5-8,15,18,22,24-26,28-30H,9-14,16-17,19-21,23H2,1-4H3,(H,42,48)/t24-,25-,26+,28-,29-,30-/m0/s1. The van der Waals surface area contributed by atoms with Crippen molar-refractivity contribution in [2.75, 3.05) is 44.8 Å². The van der Waals surface area contributed by atoms with Crippen LogP contribution in [-0.2, 0) is 23.0 Å². The van der Waals surface area contributed by atoms with Crippen molar-refractivity contribution in [2.24, 2.45) is 13.0 Å². The number of benzene rings is 2. The van der Waals surface area contributed by atoms with Crippen LogP contribution in [0.4, 0.5) is 14.5 Å². The Balaban J connectivity index is 1.15. The highest BCUT2D eigenvalue weighted by Gasteiger charge is 2.41. The predicted octanol–water partition coefficient (Wildman–Crippen LogP) is 6.69. The number of rotatable bonds is 10. The number of aromatic nitrogens is 1. The van der Waals surface area contributed by atoms with Crippen molar-refractivity contribution in [1.29, 1.82) is 0 Å². The monoisotopic (exact) mass is 697 g/mol. The summed E-state index contributed by atoms with van der Waals surface area (Å²) < 4.78 is 37.2. The molecule has 2 saturated heterocycles. The highest BCUT2D eigenvalue weighted by molar-refractivity contribution is 6.34. The van der Waals surface area contributed by atoms with Gasteiger partial charge in [-0.1, -0.05) is 36.7 Å². The maximum absolute atomic E-state index is 15.6. The predicted molar refractivity (Wildman–Crippen MR) is 190 cm³/mol. The number of alkyl halides is 1. The molecule has 1 N–H and O–H groups in total. The van der Waals surface area contributed by atoms with Crippen molar-refractivity contribution in [1.82, 2.24) is 19.3 Å². The number of hydrogen-bond donors (Lipinski definition) is 1. The van der Waals surface area contributed by atoms with E-state index in [9.17, 15) is 14.0 Å². The van der Waals surface area contributed by atoms with Gasteiger partial charge in [-0.2, -0.15) is 0 Å². The third-order valence-corrected chi connectivity index (χ3v) is 11.4. The molecule has 3 aliphatic rings. The number of likely N-dealkylation sites (tertiary alicyclic amines) is 1. The quantitative estimate of drug-likeness (QED) is 0.256. The molecule has 3 fully saturated rings. The van der Waals surface area contributed by atoms with Crippen molar-refractivity contribution in [2.45, 2.75) is 89.6 Å². The number of carbonyl (C=O) groups excluding carboxylic acids is 2. The van der Waals surface area contributed by atoms with Crippen LogP contribution in [0.1, 0.15) is 68.8 Å². The second kappa shape index (κ2) is 15.5. The summed E-state index contributed by atoms with van der Waals surface area (Å²) in [5, 5.41) is 3.71. The summed E-state index contributed by atoms with van der Waals surface area (Å²) in [6, 6.07) is 10.6. The molecule has 6 rings (SSSR count). The fraction of sp³-hybridized carbons (Fsp3) is 0.579. The third kappa shape index (κ3) is 7.98. The lowest BCUT2D eigenvalue weighted by Crippen LogP contribution is -2.59. The van der Waals surface area contributed by atoms with E-state index in [1.165, 1.54) is 12.1 Å². The Bertz CT molecular complexity index is 1630. The van der Waals surface area contributed by atoms with E-state index in [4.69, 9.17) is 16.3 Å². The molecule has 8 nitrogen and oxygen atoms in total. The van der Waals surface area contributed by atoms with Gasteiger partial charge in [0.05, 0.1) is 41.4 Å². The van der Waals surface area contributed by atoms with Gasteiger partial charge < -0.3 is 19.5 Å². The van der Waals surface area contributed by atoms with Crippen LogP contribution < -0.4 is 5.32 Å². The molecule has 3 aromatic rings. The maximum atomic E-state index is 15.6. The van der Waals surface area contributed by atoms with Crippen LogP contribution in [0, 0.1) is 11.7 Å². The number of para-hydroxylation sites is 1. The zero-order valence-corrected chi connectivity index (χ0v) is 29.9. The first kappa shape index (κ1) is 35.8. The zero-order chi connectivity index (χ0) is 34.8. The Morgan fingerprint density at radius 3 is 2.45 bits per heavy atom. The van der Waals surface area contributed by atoms with Crippen LogP contribution in [0.5, 0.6) is 0 Å². The summed E-state index contributed by atoms with van der Waals surface area (Å²) in [5.74, 6) is -0.451. The van der Waals surface area contributed by atoms with Crippen molar-refractivity contribution < 1.29 is 23.1 Å². The van der Waals surface area contributed by atoms with E-state index in [1.54, 1.807) is 6.20 Å². The van der Waals surface area contributed by atoms with Crippen molar-refractivity contribution >= 4 is 40.0 Å². The van der Waals surface area contributed by atoms with Crippen LogP contribution in [0.2, 0.25) is 5.02 Å². The van der Waals surface area contributed by atoms with E-state index in [-0.39, 0.29) is 65.5 Å². The Hall–Kier alpha value is -3.05. The van der Waals surface area contributed by atoms with Crippen molar-refractivity contribution in [3.8, 4) is 0 Å². The molecular weight excluding hydrogens is 648 g/mol. The largest absolute Gasteiger partial charge is 0.376 e. The first-order valence-electron chi connectivity index (χ1n) is 17.8. The number of fused-ring (bicyclic) bond motifs is 1. The molecule has 0 spiro atoms. The maximum Gasteiger partial charge on any atom is 0.257 e. The van der Waals surface area contributed by atoms with Gasteiger partial charge in [0.15, 0.2) is 0 Å². The average Bonchev–Trinajstić information content (AvgIpc) is 3.66. The second-order valence-electron chi connectivity index (χ2n) is 14.6. The molecule has 11 heteroatoms.